The average molecular weight is 345 g/mol. The summed E-state index contributed by atoms with van der Waals surface area (Å²) in [4.78, 5) is 17.5. The monoisotopic (exact) mass is 344 g/mol. The second kappa shape index (κ2) is 6.89. The first kappa shape index (κ1) is 16.3. The van der Waals surface area contributed by atoms with Gasteiger partial charge in [-0.25, -0.2) is 0 Å². The summed E-state index contributed by atoms with van der Waals surface area (Å²) in [6.07, 6.45) is 6.15. The standard InChI is InChI=1S/C18H20N2OS2/c1-3-5-12-20-17(21)16(23-18(20)22)15-11-10-13-8-6-7-9-14(13)19(15)4-2/h6-11H,3-5,12H2,1-2H3/b16-15+. The molecule has 0 aromatic heterocycles. The molecule has 1 amide bonds. The van der Waals surface area contributed by atoms with Crippen LogP contribution in [0.5, 0.6) is 0 Å². The van der Waals surface area contributed by atoms with Crippen LogP contribution >= 0.6 is 24.0 Å². The van der Waals surface area contributed by atoms with Crippen LogP contribution in [0.15, 0.2) is 40.9 Å². The molecule has 1 fully saturated rings. The summed E-state index contributed by atoms with van der Waals surface area (Å²) < 4.78 is 0.675. The van der Waals surface area contributed by atoms with E-state index in [0.717, 1.165) is 35.7 Å². The number of allylic oxidation sites excluding steroid dienone is 1. The molecular formula is C18H20N2OS2. The van der Waals surface area contributed by atoms with Crippen molar-refractivity contribution >= 4 is 46.0 Å². The quantitative estimate of drug-likeness (QED) is 0.596. The SMILES string of the molecule is CCCCN1C(=O)/C(=C2/C=Cc3ccccc3N2CC)SC1=S. The van der Waals surface area contributed by atoms with Crippen LogP contribution in [-0.2, 0) is 4.79 Å². The fourth-order valence-electron chi connectivity index (χ4n) is 2.86. The van der Waals surface area contributed by atoms with Crippen molar-refractivity contribution in [1.82, 2.24) is 4.90 Å². The molecule has 2 heterocycles. The van der Waals surface area contributed by atoms with Gasteiger partial charge in [0.15, 0.2) is 0 Å². The third-order valence-corrected chi connectivity index (χ3v) is 5.53. The van der Waals surface area contributed by atoms with E-state index < -0.39 is 0 Å². The van der Waals surface area contributed by atoms with Crippen molar-refractivity contribution in [2.75, 3.05) is 18.0 Å². The molecule has 0 saturated carbocycles. The zero-order chi connectivity index (χ0) is 16.4. The Morgan fingerprint density at radius 1 is 1.13 bits per heavy atom. The molecule has 2 aliphatic rings. The van der Waals surface area contributed by atoms with Gasteiger partial charge in [-0.2, -0.15) is 0 Å². The molecule has 0 aliphatic carbocycles. The van der Waals surface area contributed by atoms with Gasteiger partial charge in [0.1, 0.15) is 9.23 Å². The molecule has 1 aromatic carbocycles. The summed E-state index contributed by atoms with van der Waals surface area (Å²) in [5, 5.41) is 0. The zero-order valence-electron chi connectivity index (χ0n) is 13.4. The number of nitrogens with zero attached hydrogens (tertiary/aromatic N) is 2. The summed E-state index contributed by atoms with van der Waals surface area (Å²) >= 11 is 6.85. The van der Waals surface area contributed by atoms with Crippen molar-refractivity contribution in [3.8, 4) is 0 Å². The number of unbranched alkanes of at least 4 members (excludes halogenated alkanes) is 1. The van der Waals surface area contributed by atoms with E-state index in [1.165, 1.54) is 17.3 Å². The van der Waals surface area contributed by atoms with Crippen molar-refractivity contribution in [2.45, 2.75) is 26.7 Å². The lowest BCUT2D eigenvalue weighted by Gasteiger charge is -2.30. The third kappa shape index (κ3) is 2.95. The number of amides is 1. The van der Waals surface area contributed by atoms with Crippen LogP contribution in [0.4, 0.5) is 5.69 Å². The van der Waals surface area contributed by atoms with E-state index in [2.05, 4.69) is 37.0 Å². The van der Waals surface area contributed by atoms with E-state index in [1.807, 2.05) is 18.2 Å². The molecular weight excluding hydrogens is 324 g/mol. The highest BCUT2D eigenvalue weighted by Gasteiger charge is 2.35. The predicted octanol–water partition coefficient (Wildman–Crippen LogP) is 4.41. The van der Waals surface area contributed by atoms with Gasteiger partial charge in [0.05, 0.1) is 5.70 Å². The van der Waals surface area contributed by atoms with Crippen molar-refractivity contribution < 1.29 is 4.79 Å². The largest absolute Gasteiger partial charge is 0.340 e. The lowest BCUT2D eigenvalue weighted by atomic mass is 10.1. The van der Waals surface area contributed by atoms with Crippen molar-refractivity contribution in [2.24, 2.45) is 0 Å². The van der Waals surface area contributed by atoms with Crippen molar-refractivity contribution in [3.05, 3.63) is 46.5 Å². The van der Waals surface area contributed by atoms with Gasteiger partial charge < -0.3 is 4.90 Å². The molecule has 2 aliphatic heterocycles. The maximum atomic E-state index is 12.8. The van der Waals surface area contributed by atoms with E-state index in [-0.39, 0.29) is 5.91 Å². The number of benzene rings is 1. The molecule has 0 unspecified atom stereocenters. The lowest BCUT2D eigenvalue weighted by molar-refractivity contribution is -0.122. The highest BCUT2D eigenvalue weighted by molar-refractivity contribution is 8.26. The van der Waals surface area contributed by atoms with Gasteiger partial charge in [-0.1, -0.05) is 61.6 Å². The van der Waals surface area contributed by atoms with E-state index in [9.17, 15) is 4.79 Å². The molecule has 0 atom stereocenters. The Balaban J connectivity index is 1.99. The molecule has 3 rings (SSSR count). The summed E-state index contributed by atoms with van der Waals surface area (Å²) in [7, 11) is 0. The second-order valence-electron chi connectivity index (χ2n) is 5.53. The minimum Gasteiger partial charge on any atom is -0.340 e. The Morgan fingerprint density at radius 2 is 1.91 bits per heavy atom. The molecule has 0 radical (unpaired) electrons. The zero-order valence-corrected chi connectivity index (χ0v) is 15.0. The summed E-state index contributed by atoms with van der Waals surface area (Å²) in [5.74, 6) is 0.0472. The van der Waals surface area contributed by atoms with Crippen LogP contribution in [0, 0.1) is 0 Å². The number of fused-ring (bicyclic) bond motifs is 1. The van der Waals surface area contributed by atoms with Crippen LogP contribution in [-0.4, -0.2) is 28.2 Å². The average Bonchev–Trinajstić information content (AvgIpc) is 2.86. The van der Waals surface area contributed by atoms with Crippen LogP contribution in [0.3, 0.4) is 0 Å². The highest BCUT2D eigenvalue weighted by atomic mass is 32.2. The number of hydrogen-bond acceptors (Lipinski definition) is 4. The first-order chi connectivity index (χ1) is 11.2. The summed E-state index contributed by atoms with van der Waals surface area (Å²) in [6, 6.07) is 8.26. The van der Waals surface area contributed by atoms with Gasteiger partial charge in [0.25, 0.3) is 5.91 Å². The number of carbonyl (C=O) groups is 1. The Hall–Kier alpha value is -1.59. The highest BCUT2D eigenvalue weighted by Crippen LogP contribution is 2.39. The predicted molar refractivity (Wildman–Crippen MR) is 102 cm³/mol. The van der Waals surface area contributed by atoms with Gasteiger partial charge in [0, 0.05) is 18.8 Å². The number of likely N-dealkylation sites (N-methyl/N-ethyl adjacent to an activating group) is 1. The number of thiocarbonyl (C=S) groups is 1. The molecule has 0 bridgehead atoms. The molecule has 1 saturated heterocycles. The van der Waals surface area contributed by atoms with Gasteiger partial charge in [-0.3, -0.25) is 9.69 Å². The fourth-order valence-corrected chi connectivity index (χ4v) is 4.23. The molecule has 0 spiro atoms. The lowest BCUT2D eigenvalue weighted by Crippen LogP contribution is -2.31. The van der Waals surface area contributed by atoms with Crippen molar-refractivity contribution in [3.63, 3.8) is 0 Å². The number of hydrogen-bond donors (Lipinski definition) is 0. The molecule has 3 nitrogen and oxygen atoms in total. The minimum absolute atomic E-state index is 0.0472. The second-order valence-corrected chi connectivity index (χ2v) is 7.17. The molecule has 0 N–H and O–H groups in total. The first-order valence-corrected chi connectivity index (χ1v) is 9.22. The molecule has 1 aromatic rings. The van der Waals surface area contributed by atoms with E-state index in [0.29, 0.717) is 10.9 Å². The fraction of sp³-hybridized carbons (Fsp3) is 0.333. The third-order valence-electron chi connectivity index (χ3n) is 4.07. The maximum Gasteiger partial charge on any atom is 0.268 e. The number of anilines is 1. The topological polar surface area (TPSA) is 23.6 Å². The number of rotatable bonds is 4. The maximum absolute atomic E-state index is 12.8. The van der Waals surface area contributed by atoms with Gasteiger partial charge in [-0.05, 0) is 31.1 Å². The van der Waals surface area contributed by atoms with E-state index in [1.54, 1.807) is 4.90 Å². The molecule has 23 heavy (non-hydrogen) atoms. The summed E-state index contributed by atoms with van der Waals surface area (Å²) in [5.41, 5.74) is 3.29. The smallest absolute Gasteiger partial charge is 0.268 e. The Kier molecular flexibility index (Phi) is 4.87. The van der Waals surface area contributed by atoms with Crippen LogP contribution in [0.25, 0.3) is 6.08 Å². The van der Waals surface area contributed by atoms with Gasteiger partial charge in [0.2, 0.25) is 0 Å². The van der Waals surface area contributed by atoms with E-state index >= 15 is 0 Å². The Morgan fingerprint density at radius 3 is 2.65 bits per heavy atom. The normalized spacial score (nSPS) is 20.4. The summed E-state index contributed by atoms with van der Waals surface area (Å²) in [6.45, 7) is 5.75. The number of carbonyl (C=O) groups excluding carboxylic acids is 1. The number of para-hydroxylation sites is 1. The van der Waals surface area contributed by atoms with Gasteiger partial charge >= 0.3 is 0 Å². The minimum atomic E-state index is 0.0472. The van der Waals surface area contributed by atoms with Crippen LogP contribution in [0.2, 0.25) is 0 Å². The Labute approximate surface area is 147 Å². The molecule has 120 valence electrons. The Bertz CT molecular complexity index is 709. The number of thioether (sulfide) groups is 1. The van der Waals surface area contributed by atoms with Crippen molar-refractivity contribution in [1.29, 1.82) is 0 Å². The van der Waals surface area contributed by atoms with E-state index in [4.69, 9.17) is 12.2 Å². The van der Waals surface area contributed by atoms with Crippen LogP contribution in [0.1, 0.15) is 32.3 Å². The van der Waals surface area contributed by atoms with Gasteiger partial charge in [-0.15, -0.1) is 0 Å². The molecule has 5 heteroatoms. The van der Waals surface area contributed by atoms with Crippen LogP contribution < -0.4 is 4.90 Å². The first-order valence-electron chi connectivity index (χ1n) is 8.00.